The molecule has 7 heteroatoms. The van der Waals surface area contributed by atoms with E-state index in [1.165, 1.54) is 4.90 Å². The Kier molecular flexibility index (Phi) is 2.69. The Hall–Kier alpha value is -2.83. The van der Waals surface area contributed by atoms with E-state index >= 15 is 0 Å². The largest absolute Gasteiger partial charge is 0.465 e. The van der Waals surface area contributed by atoms with Gasteiger partial charge in [0.05, 0.1) is 16.6 Å². The number of H-pyrrole nitrogens is 1. The Labute approximate surface area is 124 Å². The fourth-order valence-corrected chi connectivity index (χ4v) is 3.08. The van der Waals surface area contributed by atoms with Gasteiger partial charge < -0.3 is 15.0 Å². The SMILES string of the molecule is O=C(O)N1CCC(c2cc3[nH]c(=O)c4ccccc4n3n2)C1. The van der Waals surface area contributed by atoms with Crippen molar-refractivity contribution in [3.05, 3.63) is 46.4 Å². The summed E-state index contributed by atoms with van der Waals surface area (Å²) in [7, 11) is 0. The van der Waals surface area contributed by atoms with Crippen LogP contribution in [-0.2, 0) is 0 Å². The van der Waals surface area contributed by atoms with Gasteiger partial charge in [0.15, 0.2) is 0 Å². The van der Waals surface area contributed by atoms with Crippen molar-refractivity contribution in [3.63, 3.8) is 0 Å². The third kappa shape index (κ3) is 1.86. The van der Waals surface area contributed by atoms with Gasteiger partial charge in [0, 0.05) is 25.1 Å². The van der Waals surface area contributed by atoms with Crippen LogP contribution in [-0.4, -0.2) is 43.8 Å². The second-order valence-corrected chi connectivity index (χ2v) is 5.55. The number of rotatable bonds is 1. The molecule has 4 rings (SSSR count). The molecule has 0 saturated carbocycles. The zero-order chi connectivity index (χ0) is 15.3. The molecule has 22 heavy (non-hydrogen) atoms. The normalized spacial score (nSPS) is 18.4. The summed E-state index contributed by atoms with van der Waals surface area (Å²) < 4.78 is 1.72. The molecule has 0 radical (unpaired) electrons. The molecule has 1 aromatic carbocycles. The number of aromatic amines is 1. The highest BCUT2D eigenvalue weighted by molar-refractivity contribution is 5.80. The fraction of sp³-hybridized carbons (Fsp3) is 0.267. The highest BCUT2D eigenvalue weighted by Crippen LogP contribution is 2.27. The molecule has 1 fully saturated rings. The Morgan fingerprint density at radius 3 is 2.95 bits per heavy atom. The van der Waals surface area contributed by atoms with Crippen LogP contribution in [0.5, 0.6) is 0 Å². The summed E-state index contributed by atoms with van der Waals surface area (Å²) >= 11 is 0. The van der Waals surface area contributed by atoms with Crippen molar-refractivity contribution in [2.45, 2.75) is 12.3 Å². The van der Waals surface area contributed by atoms with Gasteiger partial charge in [-0.1, -0.05) is 12.1 Å². The second-order valence-electron chi connectivity index (χ2n) is 5.55. The smallest absolute Gasteiger partial charge is 0.407 e. The van der Waals surface area contributed by atoms with Gasteiger partial charge in [-0.15, -0.1) is 0 Å². The highest BCUT2D eigenvalue weighted by atomic mass is 16.4. The van der Waals surface area contributed by atoms with Crippen LogP contribution >= 0.6 is 0 Å². The molecule has 1 atom stereocenters. The summed E-state index contributed by atoms with van der Waals surface area (Å²) in [5, 5.41) is 14.2. The molecule has 0 bridgehead atoms. The topological polar surface area (TPSA) is 90.7 Å². The first-order valence-corrected chi connectivity index (χ1v) is 7.12. The number of hydrogen-bond donors (Lipinski definition) is 2. The summed E-state index contributed by atoms with van der Waals surface area (Å²) in [6.07, 6.45) is -0.150. The predicted molar refractivity (Wildman–Crippen MR) is 80.3 cm³/mol. The van der Waals surface area contributed by atoms with E-state index in [0.717, 1.165) is 17.6 Å². The van der Waals surface area contributed by atoms with Gasteiger partial charge in [0.1, 0.15) is 5.65 Å². The summed E-state index contributed by atoms with van der Waals surface area (Å²) in [6, 6.07) is 9.13. The van der Waals surface area contributed by atoms with Gasteiger partial charge in [0.25, 0.3) is 5.56 Å². The molecule has 1 amide bonds. The van der Waals surface area contributed by atoms with Crippen molar-refractivity contribution in [1.82, 2.24) is 19.5 Å². The minimum atomic E-state index is -0.898. The number of likely N-dealkylation sites (tertiary alicyclic amines) is 1. The van der Waals surface area contributed by atoms with E-state index in [0.29, 0.717) is 24.1 Å². The third-order valence-electron chi connectivity index (χ3n) is 4.22. The number of hydrogen-bond acceptors (Lipinski definition) is 3. The van der Waals surface area contributed by atoms with E-state index < -0.39 is 6.09 Å². The lowest BCUT2D eigenvalue weighted by Gasteiger charge is -2.10. The van der Waals surface area contributed by atoms with Gasteiger partial charge in [-0.25, -0.2) is 9.31 Å². The number of aromatic nitrogens is 3. The van der Waals surface area contributed by atoms with E-state index in [1.807, 2.05) is 24.3 Å². The zero-order valence-electron chi connectivity index (χ0n) is 11.7. The van der Waals surface area contributed by atoms with E-state index in [1.54, 1.807) is 10.6 Å². The molecule has 1 saturated heterocycles. The maximum absolute atomic E-state index is 12.1. The first-order chi connectivity index (χ1) is 10.6. The summed E-state index contributed by atoms with van der Waals surface area (Å²) in [4.78, 5) is 27.3. The molecule has 3 heterocycles. The Morgan fingerprint density at radius 1 is 1.36 bits per heavy atom. The number of nitrogens with one attached hydrogen (secondary N) is 1. The van der Waals surface area contributed by atoms with Crippen LogP contribution in [0.25, 0.3) is 16.6 Å². The lowest BCUT2D eigenvalue weighted by Crippen LogP contribution is -2.26. The van der Waals surface area contributed by atoms with Crippen LogP contribution in [0.15, 0.2) is 35.1 Å². The molecule has 3 aromatic rings. The summed E-state index contributed by atoms with van der Waals surface area (Å²) in [5.74, 6) is 0.0678. The summed E-state index contributed by atoms with van der Waals surface area (Å²) in [6.45, 7) is 0.965. The molecule has 112 valence electrons. The minimum Gasteiger partial charge on any atom is -0.465 e. The highest BCUT2D eigenvalue weighted by Gasteiger charge is 2.29. The Morgan fingerprint density at radius 2 is 2.18 bits per heavy atom. The lowest BCUT2D eigenvalue weighted by molar-refractivity contribution is 0.155. The van der Waals surface area contributed by atoms with Gasteiger partial charge >= 0.3 is 6.09 Å². The molecule has 1 aliphatic heterocycles. The molecular weight excluding hydrogens is 284 g/mol. The van der Waals surface area contributed by atoms with Gasteiger partial charge in [-0.05, 0) is 18.6 Å². The number of carboxylic acid groups (broad SMARTS) is 1. The Bertz CT molecular complexity index is 943. The number of para-hydroxylation sites is 1. The van der Waals surface area contributed by atoms with Crippen LogP contribution in [0.2, 0.25) is 0 Å². The monoisotopic (exact) mass is 298 g/mol. The average molecular weight is 298 g/mol. The van der Waals surface area contributed by atoms with Crippen molar-refractivity contribution < 1.29 is 9.90 Å². The van der Waals surface area contributed by atoms with Crippen LogP contribution in [0, 0.1) is 0 Å². The predicted octanol–water partition coefficient (Wildman–Crippen LogP) is 1.64. The molecule has 1 aliphatic rings. The number of benzene rings is 1. The van der Waals surface area contributed by atoms with Crippen molar-refractivity contribution in [2.75, 3.05) is 13.1 Å². The fourth-order valence-electron chi connectivity index (χ4n) is 3.08. The quantitative estimate of drug-likeness (QED) is 0.714. The number of nitrogens with zero attached hydrogens (tertiary/aromatic N) is 3. The van der Waals surface area contributed by atoms with Crippen LogP contribution in [0.1, 0.15) is 18.0 Å². The summed E-state index contributed by atoms with van der Waals surface area (Å²) in [5.41, 5.74) is 2.05. The number of carbonyl (C=O) groups is 1. The molecule has 0 aliphatic carbocycles. The van der Waals surface area contributed by atoms with Gasteiger partial charge in [0.2, 0.25) is 0 Å². The van der Waals surface area contributed by atoms with E-state index in [4.69, 9.17) is 5.11 Å². The molecule has 7 nitrogen and oxygen atoms in total. The zero-order valence-corrected chi connectivity index (χ0v) is 11.7. The molecule has 0 spiro atoms. The minimum absolute atomic E-state index is 0.0678. The molecular formula is C15H14N4O3. The molecule has 2 N–H and O–H groups in total. The maximum Gasteiger partial charge on any atom is 0.407 e. The van der Waals surface area contributed by atoms with E-state index in [9.17, 15) is 9.59 Å². The average Bonchev–Trinajstić information content (AvgIpc) is 3.14. The van der Waals surface area contributed by atoms with Gasteiger partial charge in [-0.3, -0.25) is 4.79 Å². The van der Waals surface area contributed by atoms with Crippen molar-refractivity contribution in [1.29, 1.82) is 0 Å². The third-order valence-corrected chi connectivity index (χ3v) is 4.22. The van der Waals surface area contributed by atoms with Crippen LogP contribution < -0.4 is 5.56 Å². The standard InChI is InChI=1S/C15H14N4O3/c20-14-10-3-1-2-4-12(10)19-13(16-14)7-11(17-19)9-5-6-18(8-9)15(21)22/h1-4,7,9H,5-6,8H2,(H,16,20)(H,21,22). The van der Waals surface area contributed by atoms with Crippen LogP contribution in [0.3, 0.4) is 0 Å². The Balaban J connectivity index is 1.83. The maximum atomic E-state index is 12.1. The van der Waals surface area contributed by atoms with E-state index in [-0.39, 0.29) is 11.5 Å². The molecule has 2 aromatic heterocycles. The van der Waals surface area contributed by atoms with Crippen LogP contribution in [0.4, 0.5) is 4.79 Å². The van der Waals surface area contributed by atoms with Gasteiger partial charge in [-0.2, -0.15) is 5.10 Å². The number of fused-ring (bicyclic) bond motifs is 3. The van der Waals surface area contributed by atoms with E-state index in [2.05, 4.69) is 10.1 Å². The first kappa shape index (κ1) is 12.9. The van der Waals surface area contributed by atoms with Crippen molar-refractivity contribution in [3.8, 4) is 0 Å². The van der Waals surface area contributed by atoms with Crippen molar-refractivity contribution in [2.24, 2.45) is 0 Å². The molecule has 1 unspecified atom stereocenters. The lowest BCUT2D eigenvalue weighted by atomic mass is 10.1. The second kappa shape index (κ2) is 4.59. The van der Waals surface area contributed by atoms with Crippen molar-refractivity contribution >= 4 is 22.6 Å². The number of amides is 1. The first-order valence-electron chi connectivity index (χ1n) is 7.12.